The lowest BCUT2D eigenvalue weighted by Gasteiger charge is -2.08. The van der Waals surface area contributed by atoms with Crippen molar-refractivity contribution in [3.05, 3.63) is 81.6 Å². The van der Waals surface area contributed by atoms with E-state index in [9.17, 15) is 10.1 Å². The van der Waals surface area contributed by atoms with E-state index in [-0.39, 0.29) is 22.8 Å². The van der Waals surface area contributed by atoms with Gasteiger partial charge in [-0.05, 0) is 40.6 Å². The number of nitro groups is 1. The summed E-state index contributed by atoms with van der Waals surface area (Å²) in [5.74, 6) is 1.36. The standard InChI is InChI=1S/C21H13ClN8O4/c22-16-8-6-13(30(31)32)10-15(16)17-9-7-14(33-17)11-23-27-19-18(24-12-4-2-1-3-5-12)25-20-21(26-19)29-34-28-20/h1-11H,(H,24,25,28)(H,26,27,29). The molecule has 12 nitrogen and oxygen atoms in total. The summed E-state index contributed by atoms with van der Waals surface area (Å²) in [6, 6.07) is 16.8. The minimum atomic E-state index is -0.502. The highest BCUT2D eigenvalue weighted by Gasteiger charge is 2.15. The topological polar surface area (TPSA) is 157 Å². The molecule has 0 aliphatic rings. The number of anilines is 3. The molecule has 2 N–H and O–H groups in total. The van der Waals surface area contributed by atoms with Crippen LogP contribution >= 0.6 is 11.6 Å². The van der Waals surface area contributed by atoms with Gasteiger partial charge in [-0.2, -0.15) is 10.1 Å². The zero-order valence-corrected chi connectivity index (χ0v) is 17.8. The first-order valence-corrected chi connectivity index (χ1v) is 10.1. The average Bonchev–Trinajstić information content (AvgIpc) is 3.49. The Hall–Kier alpha value is -4.84. The molecule has 0 saturated heterocycles. The second-order valence-corrected chi connectivity index (χ2v) is 7.22. The fourth-order valence-corrected chi connectivity index (χ4v) is 3.21. The van der Waals surface area contributed by atoms with Gasteiger partial charge in [0.25, 0.3) is 5.69 Å². The number of hydrazone groups is 1. The Morgan fingerprint density at radius 2 is 1.76 bits per heavy atom. The number of nitro benzene ring substituents is 1. The largest absolute Gasteiger partial charge is 0.455 e. The van der Waals surface area contributed by atoms with Crippen molar-refractivity contribution in [2.75, 3.05) is 10.7 Å². The summed E-state index contributed by atoms with van der Waals surface area (Å²) in [6.07, 6.45) is 1.41. The molecule has 0 aliphatic heterocycles. The van der Waals surface area contributed by atoms with Gasteiger partial charge in [0.1, 0.15) is 11.5 Å². The quantitative estimate of drug-likeness (QED) is 0.185. The highest BCUT2D eigenvalue weighted by Crippen LogP contribution is 2.32. The van der Waals surface area contributed by atoms with E-state index in [4.69, 9.17) is 16.0 Å². The van der Waals surface area contributed by atoms with Crippen LogP contribution in [0.3, 0.4) is 0 Å². The summed E-state index contributed by atoms with van der Waals surface area (Å²) in [7, 11) is 0. The molecule has 3 aromatic heterocycles. The molecule has 34 heavy (non-hydrogen) atoms. The van der Waals surface area contributed by atoms with Crippen LogP contribution in [0.4, 0.5) is 23.0 Å². The number of non-ortho nitro benzene ring substituents is 1. The minimum Gasteiger partial charge on any atom is -0.455 e. The lowest BCUT2D eigenvalue weighted by Crippen LogP contribution is -2.03. The molecule has 0 amide bonds. The first-order chi connectivity index (χ1) is 16.6. The number of halogens is 1. The molecule has 3 heterocycles. The molecule has 0 aliphatic carbocycles. The number of furan rings is 1. The first-order valence-electron chi connectivity index (χ1n) is 9.72. The molecule has 0 bridgehead atoms. The Bertz CT molecular complexity index is 1520. The number of hydrogen-bond acceptors (Lipinski definition) is 11. The van der Waals surface area contributed by atoms with Gasteiger partial charge in [0, 0.05) is 23.4 Å². The van der Waals surface area contributed by atoms with Gasteiger partial charge < -0.3 is 9.73 Å². The van der Waals surface area contributed by atoms with E-state index in [1.807, 2.05) is 30.3 Å². The molecule has 0 spiro atoms. The van der Waals surface area contributed by atoms with E-state index in [0.717, 1.165) is 5.69 Å². The van der Waals surface area contributed by atoms with Crippen LogP contribution in [0.25, 0.3) is 22.6 Å². The van der Waals surface area contributed by atoms with Gasteiger partial charge >= 0.3 is 0 Å². The first kappa shape index (κ1) is 21.0. The lowest BCUT2D eigenvalue weighted by atomic mass is 10.1. The minimum absolute atomic E-state index is 0.0950. The van der Waals surface area contributed by atoms with Crippen LogP contribution in [0.5, 0.6) is 0 Å². The number of para-hydroxylation sites is 1. The molecule has 0 fully saturated rings. The normalized spacial score (nSPS) is 11.2. The molecule has 0 unspecified atom stereocenters. The van der Waals surface area contributed by atoms with Gasteiger partial charge in [0.15, 0.2) is 11.6 Å². The highest BCUT2D eigenvalue weighted by molar-refractivity contribution is 6.33. The molecule has 168 valence electrons. The Morgan fingerprint density at radius 3 is 2.53 bits per heavy atom. The number of rotatable bonds is 7. The molecule has 0 radical (unpaired) electrons. The SMILES string of the molecule is O=[N+]([O-])c1ccc(Cl)c(-c2ccc(C=NNc3nc4nonc4nc3Nc3ccccc3)o2)c1. The van der Waals surface area contributed by atoms with Gasteiger partial charge in [-0.1, -0.05) is 29.8 Å². The molecule has 2 aromatic carbocycles. The monoisotopic (exact) mass is 476 g/mol. The summed E-state index contributed by atoms with van der Waals surface area (Å²) in [5.41, 5.74) is 4.32. The predicted octanol–water partition coefficient (Wildman–Crippen LogP) is 5.02. The Kier molecular flexibility index (Phi) is 5.54. The maximum atomic E-state index is 11.1. The van der Waals surface area contributed by atoms with Crippen LogP contribution in [0, 0.1) is 10.1 Å². The number of fused-ring (bicyclic) bond motifs is 1. The van der Waals surface area contributed by atoms with E-state index in [0.29, 0.717) is 27.9 Å². The average molecular weight is 477 g/mol. The second kappa shape index (κ2) is 8.96. The van der Waals surface area contributed by atoms with Crippen LogP contribution in [-0.4, -0.2) is 31.4 Å². The number of benzene rings is 2. The molecular weight excluding hydrogens is 464 g/mol. The maximum Gasteiger partial charge on any atom is 0.270 e. The number of nitrogens with one attached hydrogen (secondary N) is 2. The van der Waals surface area contributed by atoms with E-state index in [1.165, 1.54) is 24.4 Å². The van der Waals surface area contributed by atoms with Crippen molar-refractivity contribution in [1.29, 1.82) is 0 Å². The van der Waals surface area contributed by atoms with Gasteiger partial charge in [-0.3, -0.25) is 15.5 Å². The van der Waals surface area contributed by atoms with E-state index >= 15 is 0 Å². The number of nitrogens with zero attached hydrogens (tertiary/aromatic N) is 6. The molecule has 0 saturated carbocycles. The zero-order valence-electron chi connectivity index (χ0n) is 17.0. The van der Waals surface area contributed by atoms with Crippen LogP contribution in [0.15, 0.2) is 74.8 Å². The maximum absolute atomic E-state index is 11.1. The summed E-state index contributed by atoms with van der Waals surface area (Å²) < 4.78 is 10.4. The molecular formula is C21H13ClN8O4. The van der Waals surface area contributed by atoms with E-state index in [1.54, 1.807) is 12.1 Å². The fraction of sp³-hybridized carbons (Fsp3) is 0. The highest BCUT2D eigenvalue weighted by atomic mass is 35.5. The summed E-state index contributed by atoms with van der Waals surface area (Å²) in [4.78, 5) is 19.2. The van der Waals surface area contributed by atoms with Crippen LogP contribution < -0.4 is 10.7 Å². The summed E-state index contributed by atoms with van der Waals surface area (Å²) in [6.45, 7) is 0. The predicted molar refractivity (Wildman–Crippen MR) is 124 cm³/mol. The zero-order chi connectivity index (χ0) is 23.5. The Balaban J connectivity index is 1.38. The second-order valence-electron chi connectivity index (χ2n) is 6.82. The smallest absolute Gasteiger partial charge is 0.270 e. The van der Waals surface area contributed by atoms with Crippen molar-refractivity contribution in [2.45, 2.75) is 0 Å². The van der Waals surface area contributed by atoms with Crippen LogP contribution in [0.1, 0.15) is 5.76 Å². The summed E-state index contributed by atoms with van der Waals surface area (Å²) in [5, 5.41) is 26.1. The van der Waals surface area contributed by atoms with Gasteiger partial charge in [-0.15, -0.1) is 0 Å². The van der Waals surface area contributed by atoms with Crippen LogP contribution in [0.2, 0.25) is 5.02 Å². The van der Waals surface area contributed by atoms with Crippen molar-refractivity contribution >= 4 is 52.1 Å². The van der Waals surface area contributed by atoms with Crippen LogP contribution in [-0.2, 0) is 0 Å². The fourth-order valence-electron chi connectivity index (χ4n) is 3.00. The van der Waals surface area contributed by atoms with Crippen molar-refractivity contribution in [3.8, 4) is 11.3 Å². The van der Waals surface area contributed by atoms with Crippen molar-refractivity contribution in [1.82, 2.24) is 20.3 Å². The van der Waals surface area contributed by atoms with Crippen molar-refractivity contribution < 1.29 is 14.0 Å². The number of aromatic nitrogens is 4. The van der Waals surface area contributed by atoms with E-state index < -0.39 is 4.92 Å². The third kappa shape index (κ3) is 4.38. The third-order valence-electron chi connectivity index (χ3n) is 4.57. The molecule has 5 rings (SSSR count). The third-order valence-corrected chi connectivity index (χ3v) is 4.90. The van der Waals surface area contributed by atoms with Crippen molar-refractivity contribution in [3.63, 3.8) is 0 Å². The molecule has 5 aromatic rings. The van der Waals surface area contributed by atoms with Gasteiger partial charge in [0.05, 0.1) is 16.2 Å². The number of hydrogen-bond donors (Lipinski definition) is 2. The van der Waals surface area contributed by atoms with E-state index in [2.05, 4.69) is 40.8 Å². The Morgan fingerprint density at radius 1 is 1.00 bits per heavy atom. The summed E-state index contributed by atoms with van der Waals surface area (Å²) >= 11 is 6.18. The molecule has 13 heteroatoms. The van der Waals surface area contributed by atoms with Gasteiger partial charge in [0.2, 0.25) is 11.3 Å². The Labute approximate surface area is 195 Å². The lowest BCUT2D eigenvalue weighted by molar-refractivity contribution is -0.384. The van der Waals surface area contributed by atoms with Crippen molar-refractivity contribution in [2.24, 2.45) is 5.10 Å². The molecule has 0 atom stereocenters. The van der Waals surface area contributed by atoms with Gasteiger partial charge in [-0.25, -0.2) is 9.61 Å².